The number of carbonyl (C=O) groups is 1. The number of nitrogens with one attached hydrogen (secondary N) is 1. The highest BCUT2D eigenvalue weighted by Gasteiger charge is 2.22. The van der Waals surface area contributed by atoms with Crippen molar-refractivity contribution in [3.05, 3.63) is 35.6 Å². The molecule has 1 fully saturated rings. The van der Waals surface area contributed by atoms with Gasteiger partial charge in [0.1, 0.15) is 11.9 Å². The molecule has 0 saturated carbocycles. The lowest BCUT2D eigenvalue weighted by molar-refractivity contribution is -0.129. The van der Waals surface area contributed by atoms with Crippen LogP contribution < -0.4 is 5.32 Å². The molecule has 1 atom stereocenters. The van der Waals surface area contributed by atoms with E-state index in [2.05, 4.69) is 5.32 Å². The second-order valence-corrected chi connectivity index (χ2v) is 5.54. The fraction of sp³-hybridized carbons (Fsp3) is 0.500. The minimum atomic E-state index is -0.267. The third-order valence-electron chi connectivity index (χ3n) is 2.98. The highest BCUT2D eigenvalue weighted by molar-refractivity contribution is 7.98. The Kier molecular flexibility index (Phi) is 5.66. The Hall–Kier alpha value is -1.07. The van der Waals surface area contributed by atoms with Crippen LogP contribution in [0.4, 0.5) is 4.39 Å². The summed E-state index contributed by atoms with van der Waals surface area (Å²) in [5, 5.41) is 2.85. The van der Waals surface area contributed by atoms with E-state index in [0.717, 1.165) is 18.6 Å². The smallest absolute Gasteiger partial charge is 0.249 e. The summed E-state index contributed by atoms with van der Waals surface area (Å²) in [5.41, 5.74) is 0.706. The average molecular weight is 283 g/mol. The SMILES string of the molecule is O=C(NCCSCc1ccccc1F)C1CCCO1. The zero-order valence-electron chi connectivity index (χ0n) is 10.7. The molecule has 19 heavy (non-hydrogen) atoms. The molecular weight excluding hydrogens is 265 g/mol. The predicted octanol–water partition coefficient (Wildman–Crippen LogP) is 2.35. The number of carbonyl (C=O) groups excluding carboxylic acids is 1. The van der Waals surface area contributed by atoms with Crippen LogP contribution >= 0.6 is 11.8 Å². The molecule has 3 nitrogen and oxygen atoms in total. The van der Waals surface area contributed by atoms with Crippen molar-refractivity contribution in [2.24, 2.45) is 0 Å². The number of hydrogen-bond donors (Lipinski definition) is 1. The lowest BCUT2D eigenvalue weighted by Gasteiger charge is -2.10. The largest absolute Gasteiger partial charge is 0.368 e. The Morgan fingerprint density at radius 3 is 3.05 bits per heavy atom. The number of benzene rings is 1. The number of halogens is 1. The van der Waals surface area contributed by atoms with Crippen LogP contribution in [-0.4, -0.2) is 30.9 Å². The summed E-state index contributed by atoms with van der Waals surface area (Å²) in [7, 11) is 0. The van der Waals surface area contributed by atoms with Gasteiger partial charge in [-0.1, -0.05) is 18.2 Å². The Morgan fingerprint density at radius 2 is 2.32 bits per heavy atom. The van der Waals surface area contributed by atoms with E-state index < -0.39 is 0 Å². The summed E-state index contributed by atoms with van der Waals surface area (Å²) < 4.78 is 18.6. The van der Waals surface area contributed by atoms with Crippen LogP contribution in [0.3, 0.4) is 0 Å². The lowest BCUT2D eigenvalue weighted by Crippen LogP contribution is -2.35. The van der Waals surface area contributed by atoms with Crippen LogP contribution in [0, 0.1) is 5.82 Å². The third kappa shape index (κ3) is 4.51. The predicted molar refractivity (Wildman–Crippen MR) is 74.5 cm³/mol. The molecule has 104 valence electrons. The molecule has 0 radical (unpaired) electrons. The minimum absolute atomic E-state index is 0.0241. The molecule has 1 aromatic rings. The molecule has 2 rings (SSSR count). The van der Waals surface area contributed by atoms with Gasteiger partial charge in [0, 0.05) is 24.7 Å². The van der Waals surface area contributed by atoms with Gasteiger partial charge in [-0.3, -0.25) is 4.79 Å². The van der Waals surface area contributed by atoms with Crippen LogP contribution in [0.15, 0.2) is 24.3 Å². The summed E-state index contributed by atoms with van der Waals surface area (Å²) in [4.78, 5) is 11.6. The zero-order valence-corrected chi connectivity index (χ0v) is 11.5. The van der Waals surface area contributed by atoms with Crippen LogP contribution in [0.5, 0.6) is 0 Å². The minimum Gasteiger partial charge on any atom is -0.368 e. The number of hydrogen-bond acceptors (Lipinski definition) is 3. The fourth-order valence-corrected chi connectivity index (χ4v) is 2.79. The van der Waals surface area contributed by atoms with E-state index in [9.17, 15) is 9.18 Å². The first-order valence-electron chi connectivity index (χ1n) is 6.48. The monoisotopic (exact) mass is 283 g/mol. The molecule has 1 aromatic carbocycles. The second kappa shape index (κ2) is 7.50. The maximum absolute atomic E-state index is 13.3. The van der Waals surface area contributed by atoms with Gasteiger partial charge in [-0.2, -0.15) is 11.8 Å². The molecule has 1 N–H and O–H groups in total. The average Bonchev–Trinajstić information content (AvgIpc) is 2.94. The summed E-state index contributed by atoms with van der Waals surface area (Å²) >= 11 is 1.61. The van der Waals surface area contributed by atoms with Crippen molar-refractivity contribution in [1.82, 2.24) is 5.32 Å². The maximum atomic E-state index is 13.3. The molecule has 1 aliphatic rings. The van der Waals surface area contributed by atoms with E-state index in [4.69, 9.17) is 4.74 Å². The fourth-order valence-electron chi connectivity index (χ4n) is 1.94. The van der Waals surface area contributed by atoms with Crippen molar-refractivity contribution in [3.63, 3.8) is 0 Å². The van der Waals surface area contributed by atoms with Crippen LogP contribution in [0.1, 0.15) is 18.4 Å². The van der Waals surface area contributed by atoms with Crippen LogP contribution in [0.2, 0.25) is 0 Å². The number of ether oxygens (including phenoxy) is 1. The van der Waals surface area contributed by atoms with Gasteiger partial charge in [-0.15, -0.1) is 0 Å². The van der Waals surface area contributed by atoms with Crippen LogP contribution in [-0.2, 0) is 15.3 Å². The van der Waals surface area contributed by atoms with Crippen molar-refractivity contribution in [3.8, 4) is 0 Å². The van der Waals surface area contributed by atoms with E-state index in [0.29, 0.717) is 24.5 Å². The molecule has 1 unspecified atom stereocenters. The second-order valence-electron chi connectivity index (χ2n) is 4.44. The third-order valence-corrected chi connectivity index (χ3v) is 3.99. The van der Waals surface area contributed by atoms with Gasteiger partial charge in [-0.25, -0.2) is 4.39 Å². The summed E-state index contributed by atoms with van der Waals surface area (Å²) in [6.45, 7) is 1.28. The molecule has 1 amide bonds. The van der Waals surface area contributed by atoms with Gasteiger partial charge < -0.3 is 10.1 Å². The molecule has 0 spiro atoms. The number of amides is 1. The topological polar surface area (TPSA) is 38.3 Å². The van der Waals surface area contributed by atoms with Gasteiger partial charge >= 0.3 is 0 Å². The van der Waals surface area contributed by atoms with E-state index >= 15 is 0 Å². The van der Waals surface area contributed by atoms with Crippen molar-refractivity contribution < 1.29 is 13.9 Å². The molecule has 0 aromatic heterocycles. The quantitative estimate of drug-likeness (QED) is 0.815. The number of thioether (sulfide) groups is 1. The van der Waals surface area contributed by atoms with E-state index in [-0.39, 0.29) is 17.8 Å². The highest BCUT2D eigenvalue weighted by Crippen LogP contribution is 2.15. The van der Waals surface area contributed by atoms with Crippen molar-refractivity contribution >= 4 is 17.7 Å². The van der Waals surface area contributed by atoms with Crippen molar-refractivity contribution in [2.75, 3.05) is 18.9 Å². The van der Waals surface area contributed by atoms with Gasteiger partial charge in [0.2, 0.25) is 5.91 Å². The first-order chi connectivity index (χ1) is 9.27. The Labute approximate surface area is 116 Å². The van der Waals surface area contributed by atoms with E-state index in [1.54, 1.807) is 23.9 Å². The zero-order chi connectivity index (χ0) is 13.5. The number of rotatable bonds is 6. The molecule has 1 heterocycles. The Bertz CT molecular complexity index is 422. The summed E-state index contributed by atoms with van der Waals surface area (Å²) in [6.07, 6.45) is 1.51. The Balaban J connectivity index is 1.59. The highest BCUT2D eigenvalue weighted by atomic mass is 32.2. The van der Waals surface area contributed by atoms with Gasteiger partial charge in [0.25, 0.3) is 0 Å². The molecule has 0 bridgehead atoms. The molecule has 1 saturated heterocycles. The standard InChI is InChI=1S/C14H18FNO2S/c15-12-5-2-1-4-11(12)10-19-9-7-16-14(17)13-6-3-8-18-13/h1-2,4-5,13H,3,6-10H2,(H,16,17). The molecule has 0 aliphatic carbocycles. The Morgan fingerprint density at radius 1 is 1.47 bits per heavy atom. The summed E-state index contributed by atoms with van der Waals surface area (Å²) in [6, 6.07) is 6.77. The normalized spacial score (nSPS) is 18.5. The van der Waals surface area contributed by atoms with Gasteiger partial charge in [-0.05, 0) is 24.5 Å². The van der Waals surface area contributed by atoms with E-state index in [1.807, 2.05) is 6.07 Å². The maximum Gasteiger partial charge on any atom is 0.249 e. The van der Waals surface area contributed by atoms with Gasteiger partial charge in [0.05, 0.1) is 0 Å². The van der Waals surface area contributed by atoms with E-state index in [1.165, 1.54) is 6.07 Å². The first kappa shape index (κ1) is 14.3. The van der Waals surface area contributed by atoms with Gasteiger partial charge in [0.15, 0.2) is 0 Å². The van der Waals surface area contributed by atoms with Crippen molar-refractivity contribution in [1.29, 1.82) is 0 Å². The van der Waals surface area contributed by atoms with Crippen molar-refractivity contribution in [2.45, 2.75) is 24.7 Å². The molecular formula is C14H18FNO2S. The molecule has 1 aliphatic heterocycles. The lowest BCUT2D eigenvalue weighted by atomic mass is 10.2. The van der Waals surface area contributed by atoms with Crippen LogP contribution in [0.25, 0.3) is 0 Å². The summed E-state index contributed by atoms with van der Waals surface area (Å²) in [5.74, 6) is 1.21. The molecule has 5 heteroatoms. The first-order valence-corrected chi connectivity index (χ1v) is 7.63.